The molecule has 2 aromatic rings. The molecule has 0 amide bonds. The van der Waals surface area contributed by atoms with Crippen LogP contribution in [0.1, 0.15) is 67.5 Å². The Morgan fingerprint density at radius 2 is 2.08 bits per heavy atom. The average Bonchev–Trinajstić information content (AvgIpc) is 3.22. The predicted molar refractivity (Wildman–Crippen MR) is 96.4 cm³/mol. The molecule has 1 fully saturated rings. The lowest BCUT2D eigenvalue weighted by Gasteiger charge is -2.31. The summed E-state index contributed by atoms with van der Waals surface area (Å²) in [7, 11) is 0. The van der Waals surface area contributed by atoms with Crippen LogP contribution in [0.3, 0.4) is 0 Å². The zero-order chi connectivity index (χ0) is 16.7. The minimum atomic E-state index is 0.197. The smallest absolute Gasteiger partial charge is 0.137 e. The summed E-state index contributed by atoms with van der Waals surface area (Å²) in [4.78, 5) is 8.59. The molecule has 2 aromatic heterocycles. The van der Waals surface area contributed by atoms with Crippen LogP contribution in [0, 0.1) is 0 Å². The quantitative estimate of drug-likeness (QED) is 0.856. The van der Waals surface area contributed by atoms with Crippen LogP contribution in [-0.2, 0) is 24.9 Å². The van der Waals surface area contributed by atoms with Crippen molar-refractivity contribution in [3.63, 3.8) is 0 Å². The lowest BCUT2D eigenvalue weighted by Crippen LogP contribution is -2.34. The number of hydrogen-bond acceptors (Lipinski definition) is 5. The van der Waals surface area contributed by atoms with E-state index < -0.39 is 0 Å². The lowest BCUT2D eigenvalue weighted by atomic mass is 9.96. The van der Waals surface area contributed by atoms with E-state index >= 15 is 0 Å². The molecule has 4 heterocycles. The first-order chi connectivity index (χ1) is 11.5. The van der Waals surface area contributed by atoms with E-state index in [9.17, 15) is 0 Å². The largest absolute Gasteiger partial charge is 0.315 e. The number of aryl methyl sites for hydroxylation is 1. The number of piperidine rings is 1. The van der Waals surface area contributed by atoms with Gasteiger partial charge in [0, 0.05) is 36.5 Å². The topological polar surface area (TPSA) is 46.8 Å². The Labute approximate surface area is 148 Å². The van der Waals surface area contributed by atoms with Crippen molar-refractivity contribution in [3.05, 3.63) is 27.7 Å². The molecule has 1 saturated heterocycles. The van der Waals surface area contributed by atoms with Gasteiger partial charge in [-0.25, -0.2) is 4.98 Å². The molecule has 2 aliphatic rings. The fourth-order valence-corrected chi connectivity index (χ4v) is 4.82. The molecule has 0 aliphatic carbocycles. The van der Waals surface area contributed by atoms with Gasteiger partial charge < -0.3 is 4.57 Å². The highest BCUT2D eigenvalue weighted by Crippen LogP contribution is 2.31. The van der Waals surface area contributed by atoms with Gasteiger partial charge in [-0.3, -0.25) is 4.90 Å². The van der Waals surface area contributed by atoms with Crippen molar-refractivity contribution in [2.45, 2.75) is 70.9 Å². The Morgan fingerprint density at radius 3 is 2.88 bits per heavy atom. The third-order valence-electron chi connectivity index (χ3n) is 5.16. The Kier molecular flexibility index (Phi) is 4.21. The maximum Gasteiger partial charge on any atom is 0.137 e. The first-order valence-electron chi connectivity index (χ1n) is 9.10. The molecule has 6 heteroatoms. The van der Waals surface area contributed by atoms with Crippen molar-refractivity contribution < 1.29 is 0 Å². The van der Waals surface area contributed by atoms with E-state index in [0.29, 0.717) is 5.92 Å². The molecular weight excluding hydrogens is 318 g/mol. The van der Waals surface area contributed by atoms with Crippen molar-refractivity contribution >= 4 is 11.3 Å². The number of aromatic nitrogens is 4. The predicted octanol–water partition coefficient (Wildman–Crippen LogP) is 3.36. The molecular formula is C18H27N5S. The molecule has 5 nitrogen and oxygen atoms in total. The van der Waals surface area contributed by atoms with E-state index in [2.05, 4.69) is 51.6 Å². The van der Waals surface area contributed by atoms with E-state index in [1.165, 1.54) is 47.3 Å². The average molecular weight is 346 g/mol. The molecule has 0 radical (unpaired) electrons. The van der Waals surface area contributed by atoms with Crippen molar-refractivity contribution in [3.8, 4) is 0 Å². The van der Waals surface area contributed by atoms with Crippen molar-refractivity contribution in [2.24, 2.45) is 0 Å². The van der Waals surface area contributed by atoms with Gasteiger partial charge in [0.1, 0.15) is 16.7 Å². The summed E-state index contributed by atoms with van der Waals surface area (Å²) in [6.45, 7) is 11.1. The summed E-state index contributed by atoms with van der Waals surface area (Å²) in [5, 5.41) is 10.2. The molecule has 0 bridgehead atoms. The van der Waals surface area contributed by atoms with Gasteiger partial charge in [0.15, 0.2) is 0 Å². The van der Waals surface area contributed by atoms with Crippen LogP contribution < -0.4 is 0 Å². The zero-order valence-electron chi connectivity index (χ0n) is 15.0. The maximum absolute atomic E-state index is 4.67. The summed E-state index contributed by atoms with van der Waals surface area (Å²) >= 11 is 1.87. The molecule has 0 aromatic carbocycles. The fourth-order valence-electron chi connectivity index (χ4n) is 3.81. The van der Waals surface area contributed by atoms with Gasteiger partial charge in [-0.1, -0.05) is 20.8 Å². The van der Waals surface area contributed by atoms with Crippen LogP contribution in [0.5, 0.6) is 0 Å². The maximum atomic E-state index is 4.67. The summed E-state index contributed by atoms with van der Waals surface area (Å²) < 4.78 is 2.37. The monoisotopic (exact) mass is 345 g/mol. The second-order valence-electron chi connectivity index (χ2n) is 8.17. The van der Waals surface area contributed by atoms with Crippen LogP contribution in [0.2, 0.25) is 0 Å². The van der Waals surface area contributed by atoms with Gasteiger partial charge in [-0.2, -0.15) is 0 Å². The van der Waals surface area contributed by atoms with Gasteiger partial charge in [-0.15, -0.1) is 21.5 Å². The molecule has 0 unspecified atom stereocenters. The molecule has 0 N–H and O–H groups in total. The van der Waals surface area contributed by atoms with Crippen molar-refractivity contribution in [1.29, 1.82) is 0 Å². The minimum absolute atomic E-state index is 0.197. The Balaban J connectivity index is 1.44. The number of nitrogens with zero attached hydrogens (tertiary/aromatic N) is 5. The number of thiazole rings is 1. The van der Waals surface area contributed by atoms with Crippen molar-refractivity contribution in [2.75, 3.05) is 13.1 Å². The highest BCUT2D eigenvalue weighted by Gasteiger charge is 2.29. The normalized spacial score (nSPS) is 22.0. The van der Waals surface area contributed by atoms with Gasteiger partial charge in [0.25, 0.3) is 0 Å². The van der Waals surface area contributed by atoms with Gasteiger partial charge in [0.05, 0.1) is 6.54 Å². The van der Waals surface area contributed by atoms with E-state index in [4.69, 9.17) is 0 Å². The van der Waals surface area contributed by atoms with Crippen LogP contribution in [0.4, 0.5) is 0 Å². The molecule has 24 heavy (non-hydrogen) atoms. The summed E-state index contributed by atoms with van der Waals surface area (Å²) in [6, 6.07) is 0. The van der Waals surface area contributed by atoms with Crippen LogP contribution in [-0.4, -0.2) is 37.7 Å². The first-order valence-corrected chi connectivity index (χ1v) is 9.92. The van der Waals surface area contributed by atoms with E-state index in [1.807, 2.05) is 11.3 Å². The molecule has 0 spiro atoms. The standard InChI is InChI=1S/C18H27N5S/c1-18(2,3)14-10-19-16(24-14)12-22-8-4-6-13(11-22)17-21-20-15-7-5-9-23(15)17/h10,13H,4-9,11-12H2,1-3H3/t13-/m0/s1. The second kappa shape index (κ2) is 6.23. The SMILES string of the molecule is CC(C)(C)c1cnc(CN2CCC[C@H](c3nnc4n3CCC4)C2)s1. The Morgan fingerprint density at radius 1 is 1.21 bits per heavy atom. The second-order valence-corrected chi connectivity index (χ2v) is 9.29. The van der Waals surface area contributed by atoms with Gasteiger partial charge in [0.2, 0.25) is 0 Å². The summed E-state index contributed by atoms with van der Waals surface area (Å²) in [6.07, 6.45) is 6.86. The minimum Gasteiger partial charge on any atom is -0.315 e. The molecule has 4 rings (SSSR count). The highest BCUT2D eigenvalue weighted by atomic mass is 32.1. The van der Waals surface area contributed by atoms with E-state index in [1.54, 1.807) is 0 Å². The number of likely N-dealkylation sites (tertiary alicyclic amines) is 1. The highest BCUT2D eigenvalue weighted by molar-refractivity contribution is 7.11. The van der Waals surface area contributed by atoms with Crippen molar-refractivity contribution in [1.82, 2.24) is 24.6 Å². The number of fused-ring (bicyclic) bond motifs is 1. The van der Waals surface area contributed by atoms with Crippen LogP contribution in [0.25, 0.3) is 0 Å². The van der Waals surface area contributed by atoms with E-state index in [-0.39, 0.29) is 5.41 Å². The van der Waals surface area contributed by atoms with Gasteiger partial charge >= 0.3 is 0 Å². The Bertz CT molecular complexity index is 711. The lowest BCUT2D eigenvalue weighted by molar-refractivity contribution is 0.194. The van der Waals surface area contributed by atoms with Crippen LogP contribution in [0.15, 0.2) is 6.20 Å². The third-order valence-corrected chi connectivity index (χ3v) is 6.57. The summed E-state index contributed by atoms with van der Waals surface area (Å²) in [5.74, 6) is 2.94. The number of rotatable bonds is 3. The Hall–Kier alpha value is -1.27. The molecule has 130 valence electrons. The zero-order valence-corrected chi connectivity index (χ0v) is 15.8. The fraction of sp³-hybridized carbons (Fsp3) is 0.722. The molecule has 1 atom stereocenters. The van der Waals surface area contributed by atoms with Gasteiger partial charge in [-0.05, 0) is 31.2 Å². The van der Waals surface area contributed by atoms with E-state index in [0.717, 1.165) is 26.1 Å². The van der Waals surface area contributed by atoms with Crippen LogP contribution >= 0.6 is 11.3 Å². The molecule has 0 saturated carbocycles. The number of hydrogen-bond donors (Lipinski definition) is 0. The summed E-state index contributed by atoms with van der Waals surface area (Å²) in [5.41, 5.74) is 0.197. The third kappa shape index (κ3) is 3.14. The first kappa shape index (κ1) is 16.2. The molecule has 2 aliphatic heterocycles.